The Hall–Kier alpha value is -2.10. The molecule has 0 spiro atoms. The highest BCUT2D eigenvalue weighted by Crippen LogP contribution is 2.17. The summed E-state index contributed by atoms with van der Waals surface area (Å²) >= 11 is 0. The molecule has 18 heavy (non-hydrogen) atoms. The molecule has 1 aromatic heterocycles. The summed E-state index contributed by atoms with van der Waals surface area (Å²) in [6.07, 6.45) is 1.79. The van der Waals surface area contributed by atoms with E-state index in [-0.39, 0.29) is 12.5 Å². The van der Waals surface area contributed by atoms with Gasteiger partial charge in [-0.3, -0.25) is 9.48 Å². The fourth-order valence-electron chi connectivity index (χ4n) is 1.75. The molecule has 0 saturated carbocycles. The van der Waals surface area contributed by atoms with Crippen LogP contribution in [0.25, 0.3) is 11.3 Å². The smallest absolute Gasteiger partial charge is 0.327 e. The molecule has 4 nitrogen and oxygen atoms in total. The second-order valence-electron chi connectivity index (χ2n) is 4.07. The monoisotopic (exact) mass is 244 g/mol. The second-order valence-corrected chi connectivity index (χ2v) is 4.07. The van der Waals surface area contributed by atoms with Crippen LogP contribution in [0.1, 0.15) is 12.5 Å². The van der Waals surface area contributed by atoms with Crippen LogP contribution in [0.4, 0.5) is 0 Å². The summed E-state index contributed by atoms with van der Waals surface area (Å²) < 4.78 is 6.47. The third-order valence-electron chi connectivity index (χ3n) is 2.55. The first-order chi connectivity index (χ1) is 8.69. The number of benzene rings is 1. The Morgan fingerprint density at radius 3 is 2.94 bits per heavy atom. The average Bonchev–Trinajstić information content (AvgIpc) is 2.78. The van der Waals surface area contributed by atoms with E-state index in [4.69, 9.17) is 4.74 Å². The number of hydrogen-bond acceptors (Lipinski definition) is 3. The number of nitrogens with zero attached hydrogens (tertiary/aromatic N) is 2. The van der Waals surface area contributed by atoms with E-state index in [9.17, 15) is 4.79 Å². The van der Waals surface area contributed by atoms with E-state index in [0.29, 0.717) is 6.61 Å². The molecule has 0 atom stereocenters. The van der Waals surface area contributed by atoms with Crippen LogP contribution in [0.5, 0.6) is 0 Å². The molecule has 0 unspecified atom stereocenters. The van der Waals surface area contributed by atoms with Gasteiger partial charge in [-0.1, -0.05) is 23.8 Å². The Balaban J connectivity index is 2.13. The van der Waals surface area contributed by atoms with Crippen LogP contribution < -0.4 is 0 Å². The van der Waals surface area contributed by atoms with Crippen molar-refractivity contribution in [1.29, 1.82) is 0 Å². The molecule has 0 saturated heterocycles. The molecular weight excluding hydrogens is 228 g/mol. The maximum absolute atomic E-state index is 11.3. The molecule has 1 aromatic carbocycles. The standard InChI is InChI=1S/C14H16N2O2/c1-3-18-14(17)10-16-8-7-13(15-16)12-6-4-5-11(2)9-12/h4-9H,3,10H2,1-2H3. The van der Waals surface area contributed by atoms with Crippen molar-refractivity contribution in [1.82, 2.24) is 9.78 Å². The van der Waals surface area contributed by atoms with Gasteiger partial charge in [0, 0.05) is 11.8 Å². The number of carbonyl (C=O) groups excluding carboxylic acids is 1. The van der Waals surface area contributed by atoms with E-state index in [1.807, 2.05) is 31.2 Å². The number of carbonyl (C=O) groups is 1. The maximum atomic E-state index is 11.3. The Morgan fingerprint density at radius 2 is 2.22 bits per heavy atom. The van der Waals surface area contributed by atoms with E-state index < -0.39 is 0 Å². The Morgan fingerprint density at radius 1 is 1.39 bits per heavy atom. The first kappa shape index (κ1) is 12.4. The number of rotatable bonds is 4. The zero-order valence-electron chi connectivity index (χ0n) is 10.6. The lowest BCUT2D eigenvalue weighted by atomic mass is 10.1. The van der Waals surface area contributed by atoms with Crippen molar-refractivity contribution in [3.8, 4) is 11.3 Å². The zero-order valence-corrected chi connectivity index (χ0v) is 10.6. The summed E-state index contributed by atoms with van der Waals surface area (Å²) in [4.78, 5) is 11.3. The minimum absolute atomic E-state index is 0.152. The first-order valence-corrected chi connectivity index (χ1v) is 5.95. The Bertz CT molecular complexity index is 546. The fourth-order valence-corrected chi connectivity index (χ4v) is 1.75. The molecule has 0 aliphatic carbocycles. The normalized spacial score (nSPS) is 10.3. The van der Waals surface area contributed by atoms with Gasteiger partial charge in [-0.25, -0.2) is 0 Å². The van der Waals surface area contributed by atoms with Gasteiger partial charge in [-0.05, 0) is 26.0 Å². The molecule has 2 rings (SSSR count). The summed E-state index contributed by atoms with van der Waals surface area (Å²) in [6, 6.07) is 10.0. The SMILES string of the molecule is CCOC(=O)Cn1ccc(-c2cccc(C)c2)n1. The molecular formula is C14H16N2O2. The number of esters is 1. The predicted octanol–water partition coefficient (Wildman–Crippen LogP) is 2.42. The largest absolute Gasteiger partial charge is 0.465 e. The summed E-state index contributed by atoms with van der Waals surface area (Å²) in [5.41, 5.74) is 3.10. The third kappa shape index (κ3) is 2.97. The number of hydrogen-bond donors (Lipinski definition) is 0. The minimum atomic E-state index is -0.267. The summed E-state index contributed by atoms with van der Waals surface area (Å²) in [5, 5.41) is 4.36. The highest BCUT2D eigenvalue weighted by Gasteiger charge is 2.06. The van der Waals surface area contributed by atoms with Gasteiger partial charge in [-0.2, -0.15) is 5.10 Å². The van der Waals surface area contributed by atoms with Crippen molar-refractivity contribution >= 4 is 5.97 Å². The fraction of sp³-hybridized carbons (Fsp3) is 0.286. The molecule has 0 amide bonds. The van der Waals surface area contributed by atoms with Gasteiger partial charge in [0.25, 0.3) is 0 Å². The van der Waals surface area contributed by atoms with E-state index in [1.54, 1.807) is 17.8 Å². The lowest BCUT2D eigenvalue weighted by Gasteiger charge is -2.02. The van der Waals surface area contributed by atoms with Crippen molar-refractivity contribution in [2.24, 2.45) is 0 Å². The lowest BCUT2D eigenvalue weighted by molar-refractivity contribution is -0.144. The van der Waals surface area contributed by atoms with E-state index >= 15 is 0 Å². The molecule has 2 aromatic rings. The minimum Gasteiger partial charge on any atom is -0.465 e. The molecule has 0 aliphatic heterocycles. The van der Waals surface area contributed by atoms with E-state index in [2.05, 4.69) is 11.2 Å². The number of aryl methyl sites for hydroxylation is 1. The van der Waals surface area contributed by atoms with Crippen molar-refractivity contribution in [3.63, 3.8) is 0 Å². The van der Waals surface area contributed by atoms with E-state index in [1.165, 1.54) is 5.56 Å². The lowest BCUT2D eigenvalue weighted by Crippen LogP contribution is -2.13. The van der Waals surface area contributed by atoms with Crippen LogP contribution >= 0.6 is 0 Å². The topological polar surface area (TPSA) is 44.1 Å². The molecule has 0 fully saturated rings. The Labute approximate surface area is 106 Å². The maximum Gasteiger partial charge on any atom is 0.327 e. The van der Waals surface area contributed by atoms with Gasteiger partial charge in [-0.15, -0.1) is 0 Å². The van der Waals surface area contributed by atoms with Crippen molar-refractivity contribution < 1.29 is 9.53 Å². The first-order valence-electron chi connectivity index (χ1n) is 5.95. The molecule has 0 radical (unpaired) electrons. The van der Waals surface area contributed by atoms with Gasteiger partial charge < -0.3 is 4.74 Å². The van der Waals surface area contributed by atoms with Gasteiger partial charge in [0.2, 0.25) is 0 Å². The highest BCUT2D eigenvalue weighted by molar-refractivity contribution is 5.69. The Kier molecular flexibility index (Phi) is 3.77. The van der Waals surface area contributed by atoms with Crippen LogP contribution in [0.3, 0.4) is 0 Å². The predicted molar refractivity (Wildman–Crippen MR) is 69.0 cm³/mol. The van der Waals surface area contributed by atoms with Crippen molar-refractivity contribution in [2.45, 2.75) is 20.4 Å². The van der Waals surface area contributed by atoms with Crippen LogP contribution in [0.15, 0.2) is 36.5 Å². The quantitative estimate of drug-likeness (QED) is 0.776. The molecule has 4 heteroatoms. The van der Waals surface area contributed by atoms with Gasteiger partial charge in [0.05, 0.1) is 12.3 Å². The molecule has 1 heterocycles. The summed E-state index contributed by atoms with van der Waals surface area (Å²) in [6.45, 7) is 4.38. The molecule has 0 bridgehead atoms. The third-order valence-corrected chi connectivity index (χ3v) is 2.55. The van der Waals surface area contributed by atoms with Crippen LogP contribution in [-0.2, 0) is 16.1 Å². The molecule has 0 aliphatic rings. The average molecular weight is 244 g/mol. The number of ether oxygens (including phenoxy) is 1. The van der Waals surface area contributed by atoms with Crippen LogP contribution in [0.2, 0.25) is 0 Å². The highest BCUT2D eigenvalue weighted by atomic mass is 16.5. The molecule has 0 N–H and O–H groups in total. The molecule has 94 valence electrons. The summed E-state index contributed by atoms with van der Waals surface area (Å²) in [5.74, 6) is -0.267. The van der Waals surface area contributed by atoms with Gasteiger partial charge in [0.1, 0.15) is 6.54 Å². The van der Waals surface area contributed by atoms with Crippen molar-refractivity contribution in [3.05, 3.63) is 42.1 Å². The van der Waals surface area contributed by atoms with Gasteiger partial charge >= 0.3 is 5.97 Å². The van der Waals surface area contributed by atoms with Crippen molar-refractivity contribution in [2.75, 3.05) is 6.61 Å². The summed E-state index contributed by atoms with van der Waals surface area (Å²) in [7, 11) is 0. The number of aromatic nitrogens is 2. The van der Waals surface area contributed by atoms with Gasteiger partial charge in [0.15, 0.2) is 0 Å². The second kappa shape index (κ2) is 5.49. The zero-order chi connectivity index (χ0) is 13.0. The van der Waals surface area contributed by atoms with Crippen LogP contribution in [-0.4, -0.2) is 22.4 Å². The van der Waals surface area contributed by atoms with E-state index in [0.717, 1.165) is 11.3 Å². The van der Waals surface area contributed by atoms with Crippen LogP contribution in [0, 0.1) is 6.92 Å².